The van der Waals surface area contributed by atoms with Crippen molar-refractivity contribution in [2.75, 3.05) is 18.6 Å². The zero-order valence-electron chi connectivity index (χ0n) is 10.8. The standard InChI is InChI=1S/C13H19F2NOS/c1-9(16-7-13(2,17)8-18-3)10-5-4-6-11(14)12(10)15/h4-6,9,16-17H,7-8H2,1-3H3. The molecule has 1 rings (SSSR count). The van der Waals surface area contributed by atoms with Crippen molar-refractivity contribution in [3.63, 3.8) is 0 Å². The Bertz CT molecular complexity index is 399. The van der Waals surface area contributed by atoms with Crippen LogP contribution in [0.1, 0.15) is 25.5 Å². The number of hydrogen-bond donors (Lipinski definition) is 2. The maximum Gasteiger partial charge on any atom is 0.163 e. The van der Waals surface area contributed by atoms with E-state index in [1.807, 2.05) is 6.26 Å². The van der Waals surface area contributed by atoms with E-state index < -0.39 is 17.2 Å². The van der Waals surface area contributed by atoms with Crippen LogP contribution in [-0.2, 0) is 0 Å². The van der Waals surface area contributed by atoms with Crippen molar-refractivity contribution < 1.29 is 13.9 Å². The molecular formula is C13H19F2NOS. The monoisotopic (exact) mass is 275 g/mol. The lowest BCUT2D eigenvalue weighted by Gasteiger charge is -2.25. The SMILES string of the molecule is CSCC(C)(O)CNC(C)c1cccc(F)c1F. The highest BCUT2D eigenvalue weighted by molar-refractivity contribution is 7.98. The zero-order valence-corrected chi connectivity index (χ0v) is 11.7. The maximum atomic E-state index is 13.5. The van der Waals surface area contributed by atoms with Crippen LogP contribution < -0.4 is 5.32 Å². The van der Waals surface area contributed by atoms with Crippen LogP contribution >= 0.6 is 11.8 Å². The first-order valence-electron chi connectivity index (χ1n) is 5.76. The average Bonchev–Trinajstić information content (AvgIpc) is 2.30. The predicted molar refractivity (Wildman–Crippen MR) is 71.8 cm³/mol. The van der Waals surface area contributed by atoms with Crippen LogP contribution in [-0.4, -0.2) is 29.3 Å². The predicted octanol–water partition coefficient (Wildman–Crippen LogP) is 2.73. The summed E-state index contributed by atoms with van der Waals surface area (Å²) < 4.78 is 26.6. The van der Waals surface area contributed by atoms with E-state index in [1.165, 1.54) is 17.8 Å². The molecular weight excluding hydrogens is 256 g/mol. The van der Waals surface area contributed by atoms with Gasteiger partial charge in [0.05, 0.1) is 5.60 Å². The van der Waals surface area contributed by atoms with E-state index in [4.69, 9.17) is 0 Å². The van der Waals surface area contributed by atoms with Gasteiger partial charge in [-0.2, -0.15) is 11.8 Å². The van der Waals surface area contributed by atoms with Crippen LogP contribution in [0, 0.1) is 11.6 Å². The second-order valence-electron chi connectivity index (χ2n) is 4.68. The molecule has 0 saturated heterocycles. The Morgan fingerprint density at radius 3 is 2.72 bits per heavy atom. The highest BCUT2D eigenvalue weighted by Gasteiger charge is 2.21. The van der Waals surface area contributed by atoms with Gasteiger partial charge in [0.15, 0.2) is 11.6 Å². The lowest BCUT2D eigenvalue weighted by molar-refractivity contribution is 0.0819. The number of benzene rings is 1. The molecule has 102 valence electrons. The lowest BCUT2D eigenvalue weighted by atomic mass is 10.1. The molecule has 0 aliphatic heterocycles. The van der Waals surface area contributed by atoms with E-state index in [0.717, 1.165) is 6.07 Å². The number of thioether (sulfide) groups is 1. The second kappa shape index (κ2) is 6.50. The molecule has 18 heavy (non-hydrogen) atoms. The first-order chi connectivity index (χ1) is 8.37. The highest BCUT2D eigenvalue weighted by atomic mass is 32.2. The van der Waals surface area contributed by atoms with Crippen LogP contribution in [0.15, 0.2) is 18.2 Å². The van der Waals surface area contributed by atoms with Gasteiger partial charge in [-0.25, -0.2) is 8.78 Å². The minimum Gasteiger partial charge on any atom is -0.388 e. The van der Waals surface area contributed by atoms with Gasteiger partial charge in [-0.15, -0.1) is 0 Å². The quantitative estimate of drug-likeness (QED) is 0.837. The summed E-state index contributed by atoms with van der Waals surface area (Å²) in [4.78, 5) is 0. The summed E-state index contributed by atoms with van der Waals surface area (Å²) in [6.07, 6.45) is 1.91. The fourth-order valence-electron chi connectivity index (χ4n) is 1.70. The van der Waals surface area contributed by atoms with E-state index in [2.05, 4.69) is 5.32 Å². The minimum atomic E-state index is -0.864. The van der Waals surface area contributed by atoms with Gasteiger partial charge in [0, 0.05) is 23.9 Å². The third-order valence-corrected chi connectivity index (χ3v) is 3.60. The van der Waals surface area contributed by atoms with E-state index in [-0.39, 0.29) is 11.6 Å². The van der Waals surface area contributed by atoms with E-state index in [0.29, 0.717) is 12.3 Å². The molecule has 0 heterocycles. The fraction of sp³-hybridized carbons (Fsp3) is 0.538. The first-order valence-corrected chi connectivity index (χ1v) is 7.15. The average molecular weight is 275 g/mol. The summed E-state index contributed by atoms with van der Waals surface area (Å²) in [5, 5.41) is 13.0. The van der Waals surface area contributed by atoms with Crippen LogP contribution in [0.3, 0.4) is 0 Å². The molecule has 0 aliphatic carbocycles. The molecule has 0 bridgehead atoms. The normalized spacial score (nSPS) is 16.3. The smallest absolute Gasteiger partial charge is 0.163 e. The topological polar surface area (TPSA) is 32.3 Å². The third-order valence-electron chi connectivity index (χ3n) is 2.69. The molecule has 0 fully saturated rings. The molecule has 0 radical (unpaired) electrons. The highest BCUT2D eigenvalue weighted by Crippen LogP contribution is 2.19. The van der Waals surface area contributed by atoms with Crippen LogP contribution in [0.4, 0.5) is 8.78 Å². The Kier molecular flexibility index (Phi) is 5.56. The molecule has 2 nitrogen and oxygen atoms in total. The third kappa shape index (κ3) is 4.23. The number of nitrogens with one attached hydrogen (secondary N) is 1. The van der Waals surface area contributed by atoms with Gasteiger partial charge in [0.25, 0.3) is 0 Å². The molecule has 0 aliphatic rings. The molecule has 0 aromatic heterocycles. The molecule has 2 unspecified atom stereocenters. The molecule has 0 spiro atoms. The molecule has 0 amide bonds. The summed E-state index contributed by atoms with van der Waals surface area (Å²) >= 11 is 1.54. The van der Waals surface area contributed by atoms with Crippen LogP contribution in [0.5, 0.6) is 0 Å². The number of aliphatic hydroxyl groups is 1. The van der Waals surface area contributed by atoms with Gasteiger partial charge in [-0.05, 0) is 26.2 Å². The maximum absolute atomic E-state index is 13.5. The molecule has 1 aromatic rings. The Balaban J connectivity index is 2.66. The first kappa shape index (κ1) is 15.4. The van der Waals surface area contributed by atoms with Crippen LogP contribution in [0.25, 0.3) is 0 Å². The van der Waals surface area contributed by atoms with Crippen molar-refractivity contribution in [3.8, 4) is 0 Å². The second-order valence-corrected chi connectivity index (χ2v) is 5.54. The molecule has 1 aromatic carbocycles. The Hall–Kier alpha value is -0.650. The van der Waals surface area contributed by atoms with Crippen molar-refractivity contribution in [3.05, 3.63) is 35.4 Å². The van der Waals surface area contributed by atoms with Crippen molar-refractivity contribution in [2.45, 2.75) is 25.5 Å². The minimum absolute atomic E-state index is 0.273. The van der Waals surface area contributed by atoms with Gasteiger partial charge in [-0.3, -0.25) is 0 Å². The Morgan fingerprint density at radius 1 is 1.44 bits per heavy atom. The van der Waals surface area contributed by atoms with Gasteiger partial charge in [0.2, 0.25) is 0 Å². The van der Waals surface area contributed by atoms with Crippen molar-refractivity contribution in [1.29, 1.82) is 0 Å². The molecule has 5 heteroatoms. The summed E-state index contributed by atoms with van der Waals surface area (Å²) in [7, 11) is 0. The molecule has 0 saturated carbocycles. The van der Waals surface area contributed by atoms with E-state index >= 15 is 0 Å². The Morgan fingerprint density at radius 2 is 2.11 bits per heavy atom. The Labute approximate surface area is 111 Å². The van der Waals surface area contributed by atoms with Gasteiger partial charge in [-0.1, -0.05) is 12.1 Å². The number of hydrogen-bond acceptors (Lipinski definition) is 3. The molecule has 2 atom stereocenters. The summed E-state index contributed by atoms with van der Waals surface area (Å²) in [6, 6.07) is 3.76. The van der Waals surface area contributed by atoms with Gasteiger partial charge < -0.3 is 10.4 Å². The van der Waals surface area contributed by atoms with Crippen molar-refractivity contribution in [2.24, 2.45) is 0 Å². The largest absolute Gasteiger partial charge is 0.388 e. The lowest BCUT2D eigenvalue weighted by Crippen LogP contribution is -2.41. The van der Waals surface area contributed by atoms with Crippen LogP contribution in [0.2, 0.25) is 0 Å². The van der Waals surface area contributed by atoms with Crippen molar-refractivity contribution in [1.82, 2.24) is 5.32 Å². The number of rotatable bonds is 6. The molecule has 2 N–H and O–H groups in total. The summed E-state index contributed by atoms with van der Waals surface area (Å²) in [5.74, 6) is -1.10. The summed E-state index contributed by atoms with van der Waals surface area (Å²) in [6.45, 7) is 3.78. The van der Waals surface area contributed by atoms with Crippen molar-refractivity contribution >= 4 is 11.8 Å². The summed E-state index contributed by atoms with van der Waals surface area (Å²) in [5.41, 5.74) is -0.591. The number of halogens is 2. The van der Waals surface area contributed by atoms with Gasteiger partial charge in [0.1, 0.15) is 0 Å². The van der Waals surface area contributed by atoms with E-state index in [9.17, 15) is 13.9 Å². The van der Waals surface area contributed by atoms with Gasteiger partial charge >= 0.3 is 0 Å². The zero-order chi connectivity index (χ0) is 13.8. The fourth-order valence-corrected chi connectivity index (χ4v) is 2.42. The van der Waals surface area contributed by atoms with E-state index in [1.54, 1.807) is 19.9 Å².